The zero-order chi connectivity index (χ0) is 12.3. The molecule has 0 aliphatic carbocycles. The Morgan fingerprint density at radius 3 is 3.00 bits per heavy atom. The lowest BCUT2D eigenvalue weighted by molar-refractivity contribution is 0.129. The van der Waals surface area contributed by atoms with E-state index >= 15 is 0 Å². The molecule has 1 atom stereocenters. The maximum absolute atomic E-state index is 6.07. The monoisotopic (exact) mass is 293 g/mol. The number of halogens is 2. The molecular formula is C10H13Cl2N3OS. The van der Waals surface area contributed by atoms with Crippen LogP contribution < -0.4 is 11.3 Å². The fraction of sp³-hybridized carbons (Fsp3) is 0.500. The smallest absolute Gasteiger partial charge is 0.160 e. The van der Waals surface area contributed by atoms with Crippen LogP contribution in [0.2, 0.25) is 10.0 Å². The van der Waals surface area contributed by atoms with E-state index in [0.717, 1.165) is 30.2 Å². The van der Waals surface area contributed by atoms with Gasteiger partial charge in [0.1, 0.15) is 5.03 Å². The van der Waals surface area contributed by atoms with Crippen LogP contribution in [0, 0.1) is 0 Å². The predicted molar refractivity (Wildman–Crippen MR) is 71.8 cm³/mol. The third-order valence-electron chi connectivity index (χ3n) is 2.46. The first-order valence-electron chi connectivity index (χ1n) is 5.27. The highest BCUT2D eigenvalue weighted by molar-refractivity contribution is 7.99. The van der Waals surface area contributed by atoms with Gasteiger partial charge < -0.3 is 10.2 Å². The summed E-state index contributed by atoms with van der Waals surface area (Å²) in [7, 11) is 0. The Balaban J connectivity index is 2.03. The van der Waals surface area contributed by atoms with Crippen LogP contribution in [0.4, 0.5) is 5.82 Å². The number of nitrogens with two attached hydrogens (primary N) is 1. The summed E-state index contributed by atoms with van der Waals surface area (Å²) in [5.74, 6) is 6.60. The largest absolute Gasteiger partial charge is 0.377 e. The Bertz CT molecular complexity index is 399. The number of aromatic nitrogens is 1. The van der Waals surface area contributed by atoms with Gasteiger partial charge in [0.05, 0.1) is 16.1 Å². The van der Waals surface area contributed by atoms with E-state index in [4.69, 9.17) is 33.8 Å². The molecule has 2 heterocycles. The lowest BCUT2D eigenvalue weighted by Crippen LogP contribution is -2.11. The first-order valence-corrected chi connectivity index (χ1v) is 7.02. The highest BCUT2D eigenvalue weighted by Crippen LogP contribution is 2.32. The quantitative estimate of drug-likeness (QED) is 0.508. The molecule has 7 heteroatoms. The Kier molecular flexibility index (Phi) is 4.76. The number of hydrogen-bond donors (Lipinski definition) is 2. The van der Waals surface area contributed by atoms with Crippen molar-refractivity contribution in [2.24, 2.45) is 5.84 Å². The second kappa shape index (κ2) is 6.11. The zero-order valence-electron chi connectivity index (χ0n) is 9.08. The van der Waals surface area contributed by atoms with Gasteiger partial charge in [0.15, 0.2) is 5.82 Å². The van der Waals surface area contributed by atoms with E-state index in [1.165, 1.54) is 0 Å². The highest BCUT2D eigenvalue weighted by Gasteiger charge is 2.17. The summed E-state index contributed by atoms with van der Waals surface area (Å²) in [6, 6.07) is 1.64. The van der Waals surface area contributed by atoms with Crippen LogP contribution in [0.15, 0.2) is 11.1 Å². The van der Waals surface area contributed by atoms with Crippen LogP contribution in [0.5, 0.6) is 0 Å². The number of rotatable bonds is 4. The third kappa shape index (κ3) is 3.39. The van der Waals surface area contributed by atoms with Gasteiger partial charge in [-0.2, -0.15) is 0 Å². The minimum Gasteiger partial charge on any atom is -0.377 e. The number of hydrogen-bond acceptors (Lipinski definition) is 5. The normalized spacial score (nSPS) is 19.6. The van der Waals surface area contributed by atoms with Crippen molar-refractivity contribution in [3.8, 4) is 0 Å². The molecule has 3 N–H and O–H groups in total. The lowest BCUT2D eigenvalue weighted by atomic mass is 10.3. The van der Waals surface area contributed by atoms with Crippen molar-refractivity contribution >= 4 is 40.8 Å². The number of hydrazine groups is 1. The van der Waals surface area contributed by atoms with Crippen LogP contribution in [0.3, 0.4) is 0 Å². The Hall–Kier alpha value is -0.200. The summed E-state index contributed by atoms with van der Waals surface area (Å²) in [5, 5.41) is 1.68. The van der Waals surface area contributed by atoms with Gasteiger partial charge in [-0.1, -0.05) is 23.2 Å². The van der Waals surface area contributed by atoms with Crippen molar-refractivity contribution in [2.45, 2.75) is 24.0 Å². The molecule has 0 radical (unpaired) electrons. The van der Waals surface area contributed by atoms with Crippen LogP contribution in [-0.2, 0) is 4.74 Å². The van der Waals surface area contributed by atoms with E-state index in [9.17, 15) is 0 Å². The van der Waals surface area contributed by atoms with Gasteiger partial charge >= 0.3 is 0 Å². The minimum absolute atomic E-state index is 0.294. The van der Waals surface area contributed by atoms with Gasteiger partial charge in [-0.15, -0.1) is 11.8 Å². The molecule has 1 aromatic rings. The first kappa shape index (κ1) is 13.2. The SMILES string of the molecule is NNc1nc(SCC2CCCO2)c(Cl)cc1Cl. The Morgan fingerprint density at radius 2 is 2.35 bits per heavy atom. The van der Waals surface area contributed by atoms with E-state index < -0.39 is 0 Å². The van der Waals surface area contributed by atoms with Crippen molar-refractivity contribution < 1.29 is 4.74 Å². The number of anilines is 1. The van der Waals surface area contributed by atoms with Crippen molar-refractivity contribution in [3.63, 3.8) is 0 Å². The fourth-order valence-corrected chi connectivity index (χ4v) is 3.14. The molecule has 1 fully saturated rings. The van der Waals surface area contributed by atoms with Gasteiger partial charge in [-0.25, -0.2) is 10.8 Å². The predicted octanol–water partition coefficient (Wildman–Crippen LogP) is 2.95. The topological polar surface area (TPSA) is 60.2 Å². The van der Waals surface area contributed by atoms with Gasteiger partial charge in [-0.05, 0) is 18.9 Å². The maximum atomic E-state index is 6.07. The molecule has 0 saturated carbocycles. The van der Waals surface area contributed by atoms with E-state index in [2.05, 4.69) is 10.4 Å². The summed E-state index contributed by atoms with van der Waals surface area (Å²) < 4.78 is 5.54. The molecular weight excluding hydrogens is 281 g/mol. The molecule has 4 nitrogen and oxygen atoms in total. The number of nitrogens with zero attached hydrogens (tertiary/aromatic N) is 1. The Labute approximate surface area is 114 Å². The molecule has 94 valence electrons. The summed E-state index contributed by atoms with van der Waals surface area (Å²) in [6.45, 7) is 0.850. The number of nitrogen functional groups attached to an aromatic ring is 1. The minimum atomic E-state index is 0.294. The summed E-state index contributed by atoms with van der Waals surface area (Å²) in [4.78, 5) is 4.26. The van der Waals surface area contributed by atoms with Crippen molar-refractivity contribution in [1.29, 1.82) is 0 Å². The molecule has 1 unspecified atom stereocenters. The van der Waals surface area contributed by atoms with Crippen LogP contribution in [0.25, 0.3) is 0 Å². The average Bonchev–Trinajstić information content (AvgIpc) is 2.81. The van der Waals surface area contributed by atoms with Gasteiger partial charge in [-0.3, -0.25) is 0 Å². The molecule has 1 aliphatic rings. The second-order valence-electron chi connectivity index (χ2n) is 3.70. The summed E-state index contributed by atoms with van der Waals surface area (Å²) >= 11 is 13.5. The molecule has 0 aromatic carbocycles. The number of thioether (sulfide) groups is 1. The number of ether oxygens (including phenoxy) is 1. The molecule has 17 heavy (non-hydrogen) atoms. The average molecular weight is 294 g/mol. The van der Waals surface area contributed by atoms with E-state index in [1.54, 1.807) is 17.8 Å². The first-order chi connectivity index (χ1) is 8.20. The van der Waals surface area contributed by atoms with Crippen LogP contribution in [-0.4, -0.2) is 23.4 Å². The molecule has 1 aliphatic heterocycles. The fourth-order valence-electron chi connectivity index (χ4n) is 1.60. The van der Waals surface area contributed by atoms with Crippen LogP contribution in [0.1, 0.15) is 12.8 Å². The Morgan fingerprint density at radius 1 is 1.53 bits per heavy atom. The molecule has 2 rings (SSSR count). The number of pyridine rings is 1. The molecule has 0 spiro atoms. The van der Waals surface area contributed by atoms with Crippen LogP contribution >= 0.6 is 35.0 Å². The maximum Gasteiger partial charge on any atom is 0.160 e. The van der Waals surface area contributed by atoms with E-state index in [-0.39, 0.29) is 0 Å². The van der Waals surface area contributed by atoms with E-state index in [0.29, 0.717) is 22.0 Å². The van der Waals surface area contributed by atoms with Crippen molar-refractivity contribution in [3.05, 3.63) is 16.1 Å². The zero-order valence-corrected chi connectivity index (χ0v) is 11.4. The van der Waals surface area contributed by atoms with Gasteiger partial charge in [0, 0.05) is 12.4 Å². The van der Waals surface area contributed by atoms with Crippen molar-refractivity contribution in [2.75, 3.05) is 17.8 Å². The molecule has 1 saturated heterocycles. The number of nitrogens with one attached hydrogen (secondary N) is 1. The van der Waals surface area contributed by atoms with E-state index in [1.807, 2.05) is 0 Å². The molecule has 1 aromatic heterocycles. The summed E-state index contributed by atoms with van der Waals surface area (Å²) in [5.41, 5.74) is 2.44. The highest BCUT2D eigenvalue weighted by atomic mass is 35.5. The third-order valence-corrected chi connectivity index (χ3v) is 4.28. The molecule has 0 amide bonds. The van der Waals surface area contributed by atoms with Gasteiger partial charge in [0.25, 0.3) is 0 Å². The van der Waals surface area contributed by atoms with Gasteiger partial charge in [0.2, 0.25) is 0 Å². The lowest BCUT2D eigenvalue weighted by Gasteiger charge is -2.11. The summed E-state index contributed by atoms with van der Waals surface area (Å²) in [6.07, 6.45) is 2.52. The standard InChI is InChI=1S/C10H13Cl2N3OS/c11-7-4-8(12)10(14-9(7)15-13)17-5-6-2-1-3-16-6/h4,6H,1-3,5,13H2,(H,14,15). The van der Waals surface area contributed by atoms with Crippen molar-refractivity contribution in [1.82, 2.24) is 4.98 Å². The second-order valence-corrected chi connectivity index (χ2v) is 5.52. The molecule has 0 bridgehead atoms.